The molecule has 31 heavy (non-hydrogen) atoms. The lowest BCUT2D eigenvalue weighted by molar-refractivity contribution is 0.178. The van der Waals surface area contributed by atoms with Crippen LogP contribution >= 0.6 is 0 Å². The number of rotatable bonds is 4. The van der Waals surface area contributed by atoms with E-state index in [-0.39, 0.29) is 0 Å². The van der Waals surface area contributed by atoms with E-state index in [1.807, 2.05) is 6.07 Å². The third-order valence-electron chi connectivity index (χ3n) is 6.43. The van der Waals surface area contributed by atoms with Crippen molar-refractivity contribution in [1.82, 2.24) is 14.5 Å². The Kier molecular flexibility index (Phi) is 5.01. The second-order valence-electron chi connectivity index (χ2n) is 9.79. The smallest absolute Gasteiger partial charge is 0.150 e. The van der Waals surface area contributed by atoms with E-state index in [2.05, 4.69) is 91.4 Å². The first-order valence-electron chi connectivity index (χ1n) is 11.2. The van der Waals surface area contributed by atoms with E-state index in [0.29, 0.717) is 17.4 Å². The van der Waals surface area contributed by atoms with E-state index in [9.17, 15) is 0 Å². The van der Waals surface area contributed by atoms with Crippen molar-refractivity contribution in [3.05, 3.63) is 73.2 Å². The Bertz CT molecular complexity index is 1180. The SMILES string of the molecule is CC1CC(Nc2ncnc3c2c(-c2ccccc2)cn3-c2ccccc2)CC(C)(C)C1. The molecule has 0 radical (unpaired) electrons. The van der Waals surface area contributed by atoms with Crippen LogP contribution in [0.3, 0.4) is 0 Å². The van der Waals surface area contributed by atoms with Gasteiger partial charge in [0.1, 0.15) is 12.1 Å². The van der Waals surface area contributed by atoms with Gasteiger partial charge < -0.3 is 9.88 Å². The predicted octanol–water partition coefficient (Wildman–Crippen LogP) is 6.71. The van der Waals surface area contributed by atoms with Crippen LogP contribution in [0.2, 0.25) is 0 Å². The topological polar surface area (TPSA) is 42.7 Å². The number of nitrogens with one attached hydrogen (secondary N) is 1. The molecule has 1 aliphatic rings. The molecule has 2 aromatic carbocycles. The normalized spacial score (nSPS) is 20.6. The molecule has 4 aromatic rings. The van der Waals surface area contributed by atoms with Crippen LogP contribution < -0.4 is 5.32 Å². The number of anilines is 1. The van der Waals surface area contributed by atoms with E-state index in [4.69, 9.17) is 9.97 Å². The largest absolute Gasteiger partial charge is 0.367 e. The van der Waals surface area contributed by atoms with Gasteiger partial charge in [-0.25, -0.2) is 9.97 Å². The highest BCUT2D eigenvalue weighted by Gasteiger charge is 2.32. The zero-order chi connectivity index (χ0) is 21.4. The van der Waals surface area contributed by atoms with Gasteiger partial charge in [-0.1, -0.05) is 69.3 Å². The molecule has 4 heteroatoms. The zero-order valence-electron chi connectivity index (χ0n) is 18.5. The summed E-state index contributed by atoms with van der Waals surface area (Å²) in [5.41, 5.74) is 4.72. The molecule has 1 saturated carbocycles. The Balaban J connectivity index is 1.65. The van der Waals surface area contributed by atoms with E-state index >= 15 is 0 Å². The molecular formula is C27H30N4. The minimum Gasteiger partial charge on any atom is -0.367 e. The fraction of sp³-hybridized carbons (Fsp3) is 0.333. The number of hydrogen-bond donors (Lipinski definition) is 1. The van der Waals surface area contributed by atoms with Crippen LogP contribution in [0.5, 0.6) is 0 Å². The fourth-order valence-corrected chi connectivity index (χ4v) is 5.44. The van der Waals surface area contributed by atoms with Crippen molar-refractivity contribution in [2.24, 2.45) is 11.3 Å². The summed E-state index contributed by atoms with van der Waals surface area (Å²) in [6, 6.07) is 21.4. The van der Waals surface area contributed by atoms with Gasteiger partial charge in [0.15, 0.2) is 5.65 Å². The summed E-state index contributed by atoms with van der Waals surface area (Å²) >= 11 is 0. The molecule has 2 aromatic heterocycles. The second kappa shape index (κ2) is 7.84. The third kappa shape index (κ3) is 3.95. The van der Waals surface area contributed by atoms with Crippen LogP contribution in [0.4, 0.5) is 5.82 Å². The van der Waals surface area contributed by atoms with Crippen LogP contribution in [-0.4, -0.2) is 20.6 Å². The van der Waals surface area contributed by atoms with Gasteiger partial charge in [-0.15, -0.1) is 0 Å². The van der Waals surface area contributed by atoms with Crippen LogP contribution in [0.1, 0.15) is 40.0 Å². The van der Waals surface area contributed by atoms with Gasteiger partial charge in [-0.05, 0) is 48.3 Å². The molecule has 4 nitrogen and oxygen atoms in total. The summed E-state index contributed by atoms with van der Waals surface area (Å²) in [4.78, 5) is 9.44. The van der Waals surface area contributed by atoms with Crippen LogP contribution in [0.15, 0.2) is 73.2 Å². The highest BCUT2D eigenvalue weighted by Crippen LogP contribution is 2.41. The number of hydrogen-bond acceptors (Lipinski definition) is 3. The Morgan fingerprint density at radius 3 is 2.35 bits per heavy atom. The van der Waals surface area contributed by atoms with Gasteiger partial charge in [0.2, 0.25) is 0 Å². The number of nitrogens with zero attached hydrogens (tertiary/aromatic N) is 3. The molecule has 0 bridgehead atoms. The standard InChI is InChI=1S/C27H30N4/c1-19-14-21(16-27(2,3)15-19)30-25-24-23(20-10-6-4-7-11-20)17-31(26(24)29-18-28-25)22-12-8-5-9-13-22/h4-13,17-19,21H,14-16H2,1-3H3,(H,28,29,30). The maximum absolute atomic E-state index is 4.73. The van der Waals surface area contributed by atoms with Crippen molar-refractivity contribution in [2.45, 2.75) is 46.1 Å². The maximum Gasteiger partial charge on any atom is 0.150 e. The van der Waals surface area contributed by atoms with Crippen molar-refractivity contribution in [1.29, 1.82) is 0 Å². The maximum atomic E-state index is 4.73. The molecule has 0 aliphatic heterocycles. The molecule has 2 unspecified atom stereocenters. The lowest BCUT2D eigenvalue weighted by atomic mass is 9.70. The summed E-state index contributed by atoms with van der Waals surface area (Å²) in [6.45, 7) is 7.13. The third-order valence-corrected chi connectivity index (χ3v) is 6.43. The van der Waals surface area contributed by atoms with Gasteiger partial charge in [-0.2, -0.15) is 0 Å². The van der Waals surface area contributed by atoms with Gasteiger partial charge in [0, 0.05) is 23.5 Å². The minimum absolute atomic E-state index is 0.347. The number of fused-ring (bicyclic) bond motifs is 1. The van der Waals surface area contributed by atoms with Gasteiger partial charge in [-0.3, -0.25) is 0 Å². The number of para-hydroxylation sites is 1. The van der Waals surface area contributed by atoms with Gasteiger partial charge >= 0.3 is 0 Å². The molecule has 2 heterocycles. The molecule has 5 rings (SSSR count). The fourth-order valence-electron chi connectivity index (χ4n) is 5.44. The highest BCUT2D eigenvalue weighted by molar-refractivity contribution is 6.02. The molecule has 0 spiro atoms. The van der Waals surface area contributed by atoms with Gasteiger partial charge in [0.25, 0.3) is 0 Å². The summed E-state index contributed by atoms with van der Waals surface area (Å²) in [5.74, 6) is 1.65. The average molecular weight is 411 g/mol. The highest BCUT2D eigenvalue weighted by atomic mass is 15.1. The van der Waals surface area contributed by atoms with Crippen molar-refractivity contribution in [2.75, 3.05) is 5.32 Å². The summed E-state index contributed by atoms with van der Waals surface area (Å²) in [5, 5.41) is 4.91. The van der Waals surface area contributed by atoms with Crippen molar-refractivity contribution in [3.8, 4) is 16.8 Å². The quantitative estimate of drug-likeness (QED) is 0.406. The Morgan fingerprint density at radius 1 is 0.935 bits per heavy atom. The number of benzene rings is 2. The van der Waals surface area contributed by atoms with E-state index in [1.165, 1.54) is 18.4 Å². The molecule has 1 fully saturated rings. The van der Waals surface area contributed by atoms with Crippen LogP contribution in [0.25, 0.3) is 27.8 Å². The van der Waals surface area contributed by atoms with Crippen molar-refractivity contribution in [3.63, 3.8) is 0 Å². The van der Waals surface area contributed by atoms with E-state index in [1.54, 1.807) is 6.33 Å². The number of aromatic nitrogens is 3. The van der Waals surface area contributed by atoms with E-state index in [0.717, 1.165) is 34.5 Å². The zero-order valence-corrected chi connectivity index (χ0v) is 18.5. The molecule has 0 saturated heterocycles. The first-order valence-corrected chi connectivity index (χ1v) is 11.2. The lowest BCUT2D eigenvalue weighted by Gasteiger charge is -2.39. The van der Waals surface area contributed by atoms with Crippen LogP contribution in [-0.2, 0) is 0 Å². The Morgan fingerprint density at radius 2 is 1.65 bits per heavy atom. The summed E-state index contributed by atoms with van der Waals surface area (Å²) < 4.78 is 2.18. The molecule has 1 aliphatic carbocycles. The molecule has 2 atom stereocenters. The molecule has 0 amide bonds. The molecule has 1 N–H and O–H groups in total. The Labute approximate surface area is 184 Å². The minimum atomic E-state index is 0.347. The first-order chi connectivity index (χ1) is 15.0. The second-order valence-corrected chi connectivity index (χ2v) is 9.79. The summed E-state index contributed by atoms with van der Waals surface area (Å²) in [6.07, 6.45) is 7.50. The van der Waals surface area contributed by atoms with Crippen molar-refractivity contribution >= 4 is 16.9 Å². The van der Waals surface area contributed by atoms with Gasteiger partial charge in [0.05, 0.1) is 5.39 Å². The summed E-state index contributed by atoms with van der Waals surface area (Å²) in [7, 11) is 0. The monoisotopic (exact) mass is 410 g/mol. The van der Waals surface area contributed by atoms with Crippen LogP contribution in [0, 0.1) is 11.3 Å². The average Bonchev–Trinajstić information content (AvgIpc) is 3.14. The van der Waals surface area contributed by atoms with E-state index < -0.39 is 0 Å². The predicted molar refractivity (Wildman–Crippen MR) is 129 cm³/mol. The van der Waals surface area contributed by atoms with Crippen molar-refractivity contribution < 1.29 is 0 Å². The molecular weight excluding hydrogens is 380 g/mol. The Hall–Kier alpha value is -3.14. The molecule has 158 valence electrons. The first kappa shape index (κ1) is 19.8. The lowest BCUT2D eigenvalue weighted by Crippen LogP contribution is -2.35.